The summed E-state index contributed by atoms with van der Waals surface area (Å²) in [7, 11) is 3.23. The van der Waals surface area contributed by atoms with Gasteiger partial charge in [0.15, 0.2) is 5.13 Å². The minimum Gasteiger partial charge on any atom is -0.497 e. The number of halogens is 1. The number of methoxy groups -OCH3 is 2. The van der Waals surface area contributed by atoms with Crippen molar-refractivity contribution in [1.29, 1.82) is 0 Å². The van der Waals surface area contributed by atoms with Crippen LogP contribution in [0.2, 0.25) is 0 Å². The highest BCUT2D eigenvalue weighted by Crippen LogP contribution is 2.29. The van der Waals surface area contributed by atoms with Gasteiger partial charge in [0.25, 0.3) is 0 Å². The molecule has 0 saturated heterocycles. The number of benzene rings is 2. The van der Waals surface area contributed by atoms with E-state index < -0.39 is 0 Å². The van der Waals surface area contributed by atoms with Gasteiger partial charge in [-0.3, -0.25) is 10.1 Å². The number of ether oxygens (including phenoxy) is 2. The molecule has 7 heteroatoms. The Bertz CT molecular complexity index is 953. The number of nitrogens with zero attached hydrogens (tertiary/aromatic N) is 1. The normalized spacial score (nSPS) is 11.0. The Kier molecular flexibility index (Phi) is 5.35. The first kappa shape index (κ1) is 17.4. The van der Waals surface area contributed by atoms with Gasteiger partial charge in [-0.2, -0.15) is 0 Å². The van der Waals surface area contributed by atoms with Crippen LogP contribution in [-0.4, -0.2) is 25.1 Å². The number of fused-ring (bicyclic) bond motifs is 1. The van der Waals surface area contributed by atoms with Crippen molar-refractivity contribution in [2.45, 2.75) is 0 Å². The molecule has 0 aliphatic rings. The van der Waals surface area contributed by atoms with Crippen LogP contribution in [0.4, 0.5) is 5.13 Å². The number of thiazole rings is 1. The standard InChI is InChI=1S/C18H15BrN2O3S/c1-23-12-5-6-14-16(10-12)25-18(20-14)21-17(22)8-4-11-3-7-15(24-2)13(19)9-11/h3-10H,1-2H3,(H,20,21,22)/b8-4+. The van der Waals surface area contributed by atoms with E-state index in [4.69, 9.17) is 9.47 Å². The summed E-state index contributed by atoms with van der Waals surface area (Å²) in [5.74, 6) is 1.27. The Morgan fingerprint density at radius 3 is 2.76 bits per heavy atom. The highest BCUT2D eigenvalue weighted by Gasteiger charge is 2.07. The van der Waals surface area contributed by atoms with Gasteiger partial charge in [0.2, 0.25) is 5.91 Å². The van der Waals surface area contributed by atoms with Crippen molar-refractivity contribution in [1.82, 2.24) is 4.98 Å². The topological polar surface area (TPSA) is 60.5 Å². The predicted molar refractivity (Wildman–Crippen MR) is 105 cm³/mol. The van der Waals surface area contributed by atoms with Gasteiger partial charge in [-0.15, -0.1) is 0 Å². The molecule has 3 rings (SSSR count). The van der Waals surface area contributed by atoms with Crippen LogP contribution in [0, 0.1) is 0 Å². The third kappa shape index (κ3) is 4.18. The van der Waals surface area contributed by atoms with Gasteiger partial charge >= 0.3 is 0 Å². The van der Waals surface area contributed by atoms with Crippen LogP contribution < -0.4 is 14.8 Å². The van der Waals surface area contributed by atoms with E-state index in [0.717, 1.165) is 31.8 Å². The molecule has 0 unspecified atom stereocenters. The number of nitrogens with one attached hydrogen (secondary N) is 1. The maximum absolute atomic E-state index is 12.1. The van der Waals surface area contributed by atoms with E-state index >= 15 is 0 Å². The summed E-state index contributed by atoms with van der Waals surface area (Å²) in [6, 6.07) is 11.2. The lowest BCUT2D eigenvalue weighted by atomic mass is 10.2. The lowest BCUT2D eigenvalue weighted by Crippen LogP contribution is -2.07. The quantitative estimate of drug-likeness (QED) is 0.608. The molecule has 0 aliphatic heterocycles. The molecule has 1 N–H and O–H groups in total. The molecule has 1 aromatic heterocycles. The molecule has 2 aromatic carbocycles. The van der Waals surface area contributed by atoms with Crippen LogP contribution in [0.25, 0.3) is 16.3 Å². The molecule has 0 radical (unpaired) electrons. The zero-order valence-corrected chi connectivity index (χ0v) is 16.0. The van der Waals surface area contributed by atoms with E-state index in [9.17, 15) is 4.79 Å². The monoisotopic (exact) mass is 418 g/mol. The lowest BCUT2D eigenvalue weighted by molar-refractivity contribution is -0.111. The Morgan fingerprint density at radius 2 is 2.04 bits per heavy atom. The fraction of sp³-hybridized carbons (Fsp3) is 0.111. The Hall–Kier alpha value is -2.38. The second-order valence-electron chi connectivity index (χ2n) is 5.07. The SMILES string of the molecule is COc1ccc2nc(NC(=O)/C=C/c3ccc(OC)c(Br)c3)sc2c1. The molecule has 1 heterocycles. The van der Waals surface area contributed by atoms with Crippen LogP contribution in [0.3, 0.4) is 0 Å². The minimum absolute atomic E-state index is 0.238. The van der Waals surface area contributed by atoms with Crippen molar-refractivity contribution in [3.63, 3.8) is 0 Å². The van der Waals surface area contributed by atoms with Crippen LogP contribution in [-0.2, 0) is 4.79 Å². The second-order valence-corrected chi connectivity index (χ2v) is 6.95. The Morgan fingerprint density at radius 1 is 1.20 bits per heavy atom. The maximum Gasteiger partial charge on any atom is 0.250 e. The van der Waals surface area contributed by atoms with Gasteiger partial charge < -0.3 is 9.47 Å². The second kappa shape index (κ2) is 7.67. The summed E-state index contributed by atoms with van der Waals surface area (Å²) in [5, 5.41) is 3.33. The minimum atomic E-state index is -0.238. The smallest absolute Gasteiger partial charge is 0.250 e. The van der Waals surface area contributed by atoms with E-state index in [-0.39, 0.29) is 5.91 Å². The molecule has 25 heavy (non-hydrogen) atoms. The first-order valence-electron chi connectivity index (χ1n) is 7.36. The van der Waals surface area contributed by atoms with Gasteiger partial charge in [0.1, 0.15) is 11.5 Å². The highest BCUT2D eigenvalue weighted by atomic mass is 79.9. The van der Waals surface area contributed by atoms with Crippen LogP contribution in [0.1, 0.15) is 5.56 Å². The van der Waals surface area contributed by atoms with Gasteiger partial charge in [-0.25, -0.2) is 4.98 Å². The van der Waals surface area contributed by atoms with Crippen molar-refractivity contribution < 1.29 is 14.3 Å². The molecule has 3 aromatic rings. The first-order valence-corrected chi connectivity index (χ1v) is 8.97. The third-order valence-electron chi connectivity index (χ3n) is 3.43. The summed E-state index contributed by atoms with van der Waals surface area (Å²) in [5.41, 5.74) is 1.71. The largest absolute Gasteiger partial charge is 0.497 e. The zero-order valence-electron chi connectivity index (χ0n) is 13.6. The summed E-state index contributed by atoms with van der Waals surface area (Å²) < 4.78 is 12.2. The average molecular weight is 419 g/mol. The van der Waals surface area contributed by atoms with Gasteiger partial charge in [-0.05, 0) is 57.9 Å². The molecule has 0 spiro atoms. The fourth-order valence-electron chi connectivity index (χ4n) is 2.19. The summed E-state index contributed by atoms with van der Waals surface area (Å²) in [4.78, 5) is 16.5. The molecule has 128 valence electrons. The van der Waals surface area contributed by atoms with Crippen molar-refractivity contribution >= 4 is 54.6 Å². The number of rotatable bonds is 5. The molecular formula is C18H15BrN2O3S. The zero-order chi connectivity index (χ0) is 17.8. The van der Waals surface area contributed by atoms with E-state index in [1.54, 1.807) is 20.3 Å². The maximum atomic E-state index is 12.1. The molecule has 0 aliphatic carbocycles. The summed E-state index contributed by atoms with van der Waals surface area (Å²) >= 11 is 4.82. The number of hydrogen-bond donors (Lipinski definition) is 1. The summed E-state index contributed by atoms with van der Waals surface area (Å²) in [6.45, 7) is 0. The van der Waals surface area contributed by atoms with E-state index in [1.165, 1.54) is 17.4 Å². The average Bonchev–Trinajstić information content (AvgIpc) is 3.01. The van der Waals surface area contributed by atoms with Crippen molar-refractivity contribution in [3.8, 4) is 11.5 Å². The fourth-order valence-corrected chi connectivity index (χ4v) is 3.65. The van der Waals surface area contributed by atoms with Gasteiger partial charge in [0.05, 0.1) is 28.9 Å². The van der Waals surface area contributed by atoms with E-state index in [2.05, 4.69) is 26.2 Å². The Balaban J connectivity index is 1.70. The third-order valence-corrected chi connectivity index (χ3v) is 4.98. The predicted octanol–water partition coefficient (Wildman–Crippen LogP) is 4.73. The lowest BCUT2D eigenvalue weighted by Gasteiger charge is -2.03. The number of anilines is 1. The number of carbonyl (C=O) groups excluding carboxylic acids is 1. The van der Waals surface area contributed by atoms with Gasteiger partial charge in [-0.1, -0.05) is 17.4 Å². The Labute approximate surface area is 157 Å². The highest BCUT2D eigenvalue weighted by molar-refractivity contribution is 9.10. The van der Waals surface area contributed by atoms with E-state index in [1.807, 2.05) is 36.4 Å². The van der Waals surface area contributed by atoms with Gasteiger partial charge in [0, 0.05) is 6.08 Å². The number of hydrogen-bond acceptors (Lipinski definition) is 5. The van der Waals surface area contributed by atoms with Crippen molar-refractivity contribution in [2.24, 2.45) is 0 Å². The first-order chi connectivity index (χ1) is 12.1. The molecular weight excluding hydrogens is 404 g/mol. The molecule has 1 amide bonds. The number of amides is 1. The van der Waals surface area contributed by atoms with Crippen LogP contribution in [0.15, 0.2) is 46.9 Å². The van der Waals surface area contributed by atoms with Crippen molar-refractivity contribution in [2.75, 3.05) is 19.5 Å². The number of aromatic nitrogens is 1. The summed E-state index contributed by atoms with van der Waals surface area (Å²) in [6.07, 6.45) is 3.21. The molecule has 0 saturated carbocycles. The molecule has 5 nitrogen and oxygen atoms in total. The van der Waals surface area contributed by atoms with Crippen LogP contribution >= 0.6 is 27.3 Å². The molecule has 0 bridgehead atoms. The molecule has 0 fully saturated rings. The van der Waals surface area contributed by atoms with E-state index in [0.29, 0.717) is 5.13 Å². The number of carbonyl (C=O) groups is 1. The van der Waals surface area contributed by atoms with Crippen molar-refractivity contribution in [3.05, 3.63) is 52.5 Å². The van der Waals surface area contributed by atoms with Crippen LogP contribution in [0.5, 0.6) is 11.5 Å². The molecule has 0 atom stereocenters.